The number of nitrogens with two attached hydrogens (primary N) is 1. The zero-order valence-electron chi connectivity index (χ0n) is 12.8. The first kappa shape index (κ1) is 16.1. The van der Waals surface area contributed by atoms with E-state index in [2.05, 4.69) is 10.1 Å². The molecule has 6 nitrogen and oxygen atoms in total. The molecule has 1 unspecified atom stereocenters. The minimum absolute atomic E-state index is 0.0223. The number of carbonyl (C=O) groups excluding carboxylic acids is 2. The Balaban J connectivity index is 1.66. The quantitative estimate of drug-likeness (QED) is 0.817. The van der Waals surface area contributed by atoms with E-state index in [0.717, 1.165) is 45.1 Å². The molecule has 2 amide bonds. The van der Waals surface area contributed by atoms with Crippen molar-refractivity contribution in [2.45, 2.75) is 57.0 Å². The number of rotatable bonds is 4. The summed E-state index contributed by atoms with van der Waals surface area (Å²) in [6, 6.07) is 0.384. The Kier molecular flexibility index (Phi) is 5.85. The van der Waals surface area contributed by atoms with Crippen LogP contribution in [0.25, 0.3) is 0 Å². The van der Waals surface area contributed by atoms with Crippen LogP contribution in [-0.4, -0.2) is 49.2 Å². The highest BCUT2D eigenvalue weighted by Crippen LogP contribution is 2.27. The van der Waals surface area contributed by atoms with Crippen molar-refractivity contribution in [2.24, 2.45) is 11.7 Å². The second-order valence-corrected chi connectivity index (χ2v) is 6.28. The number of amides is 2. The zero-order valence-corrected chi connectivity index (χ0v) is 12.8. The third kappa shape index (κ3) is 4.88. The number of ether oxygens (including phenoxy) is 1. The van der Waals surface area contributed by atoms with Crippen molar-refractivity contribution in [2.75, 3.05) is 20.2 Å². The topological polar surface area (TPSA) is 84.7 Å². The highest BCUT2D eigenvalue weighted by atomic mass is 16.5. The van der Waals surface area contributed by atoms with E-state index in [-0.39, 0.29) is 11.9 Å². The van der Waals surface area contributed by atoms with Crippen LogP contribution < -0.4 is 11.1 Å². The Labute approximate surface area is 126 Å². The van der Waals surface area contributed by atoms with Gasteiger partial charge in [-0.15, -0.1) is 0 Å². The van der Waals surface area contributed by atoms with Gasteiger partial charge in [-0.3, -0.25) is 4.79 Å². The van der Waals surface area contributed by atoms with E-state index in [1.807, 2.05) is 4.90 Å². The fraction of sp³-hybridized carbons (Fsp3) is 0.867. The van der Waals surface area contributed by atoms with Gasteiger partial charge in [-0.25, -0.2) is 4.79 Å². The molecule has 1 saturated heterocycles. The molecule has 3 N–H and O–H groups in total. The molecule has 1 heterocycles. The SMILES string of the molecule is COC(=O)NC1CCN(C(=O)CCC2CCC(N)CC2)C1. The molecule has 120 valence electrons. The highest BCUT2D eigenvalue weighted by Gasteiger charge is 2.28. The van der Waals surface area contributed by atoms with Gasteiger partial charge in [-0.2, -0.15) is 0 Å². The maximum absolute atomic E-state index is 12.2. The molecule has 21 heavy (non-hydrogen) atoms. The number of methoxy groups -OCH3 is 1. The second kappa shape index (κ2) is 7.64. The van der Waals surface area contributed by atoms with Crippen LogP contribution in [0.1, 0.15) is 44.9 Å². The fourth-order valence-electron chi connectivity index (χ4n) is 3.29. The minimum atomic E-state index is -0.423. The Morgan fingerprint density at radius 3 is 2.62 bits per heavy atom. The monoisotopic (exact) mass is 297 g/mol. The number of hydrogen-bond donors (Lipinski definition) is 2. The van der Waals surface area contributed by atoms with Gasteiger partial charge in [-0.1, -0.05) is 0 Å². The summed E-state index contributed by atoms with van der Waals surface area (Å²) < 4.78 is 4.58. The fourth-order valence-corrected chi connectivity index (χ4v) is 3.29. The van der Waals surface area contributed by atoms with E-state index in [1.165, 1.54) is 7.11 Å². The van der Waals surface area contributed by atoms with Gasteiger partial charge in [0.15, 0.2) is 0 Å². The summed E-state index contributed by atoms with van der Waals surface area (Å²) in [5, 5.41) is 2.75. The Morgan fingerprint density at radius 2 is 1.95 bits per heavy atom. The van der Waals surface area contributed by atoms with Gasteiger partial charge in [0.05, 0.1) is 13.2 Å². The predicted octanol–water partition coefficient (Wildman–Crippen LogP) is 1.24. The lowest BCUT2D eigenvalue weighted by molar-refractivity contribution is -0.130. The van der Waals surface area contributed by atoms with E-state index in [1.54, 1.807) is 0 Å². The van der Waals surface area contributed by atoms with Crippen molar-refractivity contribution >= 4 is 12.0 Å². The van der Waals surface area contributed by atoms with Crippen LogP contribution in [0.3, 0.4) is 0 Å². The number of nitrogens with zero attached hydrogens (tertiary/aromatic N) is 1. The second-order valence-electron chi connectivity index (χ2n) is 6.28. The van der Waals surface area contributed by atoms with Crippen molar-refractivity contribution in [1.29, 1.82) is 0 Å². The first-order chi connectivity index (χ1) is 10.1. The van der Waals surface area contributed by atoms with Crippen LogP contribution in [0, 0.1) is 5.92 Å². The van der Waals surface area contributed by atoms with Crippen molar-refractivity contribution in [3.63, 3.8) is 0 Å². The first-order valence-corrected chi connectivity index (χ1v) is 7.96. The van der Waals surface area contributed by atoms with Gasteiger partial charge in [0.25, 0.3) is 0 Å². The van der Waals surface area contributed by atoms with Crippen LogP contribution in [0.15, 0.2) is 0 Å². The lowest BCUT2D eigenvalue weighted by Crippen LogP contribution is -2.38. The first-order valence-electron chi connectivity index (χ1n) is 7.96. The van der Waals surface area contributed by atoms with Crippen LogP contribution in [0.4, 0.5) is 4.79 Å². The third-order valence-corrected chi connectivity index (χ3v) is 4.71. The minimum Gasteiger partial charge on any atom is -0.453 e. The van der Waals surface area contributed by atoms with Crippen molar-refractivity contribution in [1.82, 2.24) is 10.2 Å². The third-order valence-electron chi connectivity index (χ3n) is 4.71. The van der Waals surface area contributed by atoms with Crippen molar-refractivity contribution in [3.05, 3.63) is 0 Å². The molecule has 1 saturated carbocycles. The summed E-state index contributed by atoms with van der Waals surface area (Å²) in [6.45, 7) is 1.33. The Bertz CT molecular complexity index is 367. The molecule has 0 bridgehead atoms. The van der Waals surface area contributed by atoms with Crippen LogP contribution in [0.2, 0.25) is 0 Å². The van der Waals surface area contributed by atoms with Gasteiger partial charge in [0, 0.05) is 25.6 Å². The summed E-state index contributed by atoms with van der Waals surface area (Å²) in [4.78, 5) is 25.2. The lowest BCUT2D eigenvalue weighted by Gasteiger charge is -2.26. The maximum Gasteiger partial charge on any atom is 0.407 e. The molecular weight excluding hydrogens is 270 g/mol. The molecule has 1 atom stereocenters. The maximum atomic E-state index is 12.2. The van der Waals surface area contributed by atoms with Crippen LogP contribution in [0.5, 0.6) is 0 Å². The van der Waals surface area contributed by atoms with E-state index in [4.69, 9.17) is 5.73 Å². The summed E-state index contributed by atoms with van der Waals surface area (Å²) in [5.74, 6) is 0.861. The van der Waals surface area contributed by atoms with Gasteiger partial charge >= 0.3 is 6.09 Å². The van der Waals surface area contributed by atoms with Crippen molar-refractivity contribution in [3.8, 4) is 0 Å². The van der Waals surface area contributed by atoms with Crippen LogP contribution >= 0.6 is 0 Å². The standard InChI is InChI=1S/C15H27N3O3/c1-21-15(20)17-13-8-9-18(10-13)14(19)7-4-11-2-5-12(16)6-3-11/h11-13H,2-10,16H2,1H3,(H,17,20). The highest BCUT2D eigenvalue weighted by molar-refractivity contribution is 5.76. The smallest absolute Gasteiger partial charge is 0.407 e. The molecule has 2 rings (SSSR count). The number of carbonyl (C=O) groups is 2. The number of nitrogens with one attached hydrogen (secondary N) is 1. The summed E-state index contributed by atoms with van der Waals surface area (Å²) in [5.41, 5.74) is 5.90. The Hall–Kier alpha value is -1.30. The molecular formula is C15H27N3O3. The summed E-state index contributed by atoms with van der Waals surface area (Å²) >= 11 is 0. The molecule has 0 spiro atoms. The summed E-state index contributed by atoms with van der Waals surface area (Å²) in [6.07, 6.45) is 6.46. The zero-order chi connectivity index (χ0) is 15.2. The van der Waals surface area contributed by atoms with E-state index in [9.17, 15) is 9.59 Å². The Morgan fingerprint density at radius 1 is 1.24 bits per heavy atom. The molecule has 0 aromatic heterocycles. The molecule has 6 heteroatoms. The molecule has 0 radical (unpaired) electrons. The molecule has 2 aliphatic rings. The van der Waals surface area contributed by atoms with Gasteiger partial charge in [-0.05, 0) is 44.4 Å². The molecule has 1 aliphatic carbocycles. The normalized spacial score (nSPS) is 29.2. The average Bonchev–Trinajstić information content (AvgIpc) is 2.94. The van der Waals surface area contributed by atoms with Crippen LogP contribution in [-0.2, 0) is 9.53 Å². The molecule has 2 fully saturated rings. The predicted molar refractivity (Wildman–Crippen MR) is 79.7 cm³/mol. The average molecular weight is 297 g/mol. The number of alkyl carbamates (subject to hydrolysis) is 1. The largest absolute Gasteiger partial charge is 0.453 e. The molecule has 0 aromatic rings. The van der Waals surface area contributed by atoms with Crippen molar-refractivity contribution < 1.29 is 14.3 Å². The van der Waals surface area contributed by atoms with Gasteiger partial charge in [0.2, 0.25) is 5.91 Å². The van der Waals surface area contributed by atoms with Gasteiger partial charge < -0.3 is 20.7 Å². The van der Waals surface area contributed by atoms with E-state index >= 15 is 0 Å². The molecule has 0 aromatic carbocycles. The number of hydrogen-bond acceptors (Lipinski definition) is 4. The van der Waals surface area contributed by atoms with Gasteiger partial charge in [0.1, 0.15) is 0 Å². The lowest BCUT2D eigenvalue weighted by atomic mass is 9.84. The van der Waals surface area contributed by atoms with E-state index in [0.29, 0.717) is 24.9 Å². The molecule has 1 aliphatic heterocycles. The summed E-state index contributed by atoms with van der Waals surface area (Å²) in [7, 11) is 1.35. The van der Waals surface area contributed by atoms with E-state index < -0.39 is 6.09 Å². The number of likely N-dealkylation sites (tertiary alicyclic amines) is 1.